The third kappa shape index (κ3) is 6.20. The van der Waals surface area contributed by atoms with Crippen molar-refractivity contribution in [3.8, 4) is 0 Å². The van der Waals surface area contributed by atoms with Crippen LogP contribution in [0.2, 0.25) is 0 Å². The van der Waals surface area contributed by atoms with E-state index < -0.39 is 11.7 Å². The summed E-state index contributed by atoms with van der Waals surface area (Å²) in [5, 5.41) is 2.77. The zero-order chi connectivity index (χ0) is 14.5. The van der Waals surface area contributed by atoms with Gasteiger partial charge in [-0.3, -0.25) is 4.98 Å². The molecule has 0 radical (unpaired) electrons. The van der Waals surface area contributed by atoms with Crippen LogP contribution in [0.3, 0.4) is 0 Å². The lowest BCUT2D eigenvalue weighted by Gasteiger charge is -2.22. The number of nitrogens with one attached hydrogen (secondary N) is 1. The van der Waals surface area contributed by atoms with E-state index in [0.29, 0.717) is 13.0 Å². The fourth-order valence-electron chi connectivity index (χ4n) is 1.63. The smallest absolute Gasteiger partial charge is 0.407 e. The van der Waals surface area contributed by atoms with Gasteiger partial charge in [0, 0.05) is 30.4 Å². The Morgan fingerprint density at radius 3 is 2.68 bits per heavy atom. The number of carbonyl (C=O) groups excluding carboxylic acids is 1. The molecule has 5 heteroatoms. The van der Waals surface area contributed by atoms with Gasteiger partial charge in [-0.2, -0.15) is 0 Å². The van der Waals surface area contributed by atoms with Crippen LogP contribution >= 0.6 is 0 Å². The molecule has 0 bridgehead atoms. The normalized spacial score (nSPS) is 12.9. The number of alkyl carbamates (subject to hydrolysis) is 1. The van der Waals surface area contributed by atoms with Crippen LogP contribution in [0.25, 0.3) is 0 Å². The predicted molar refractivity (Wildman–Crippen MR) is 74.9 cm³/mol. The van der Waals surface area contributed by atoms with E-state index >= 15 is 0 Å². The number of hydrogen-bond donors (Lipinski definition) is 2. The number of ether oxygens (including phenoxy) is 1. The summed E-state index contributed by atoms with van der Waals surface area (Å²) in [6.45, 7) is 7.75. The Kier molecular flexibility index (Phi) is 5.30. The molecule has 0 aromatic carbocycles. The molecule has 1 heterocycles. The number of hydrogen-bond acceptors (Lipinski definition) is 4. The number of rotatable bonds is 4. The van der Waals surface area contributed by atoms with Gasteiger partial charge >= 0.3 is 6.09 Å². The van der Waals surface area contributed by atoms with Gasteiger partial charge in [-0.1, -0.05) is 6.07 Å². The number of aryl methyl sites for hydroxylation is 1. The lowest BCUT2D eigenvalue weighted by molar-refractivity contribution is 0.0506. The Labute approximate surface area is 114 Å². The molecule has 1 aromatic heterocycles. The Balaban J connectivity index is 2.57. The fourth-order valence-corrected chi connectivity index (χ4v) is 1.63. The van der Waals surface area contributed by atoms with Gasteiger partial charge < -0.3 is 15.8 Å². The summed E-state index contributed by atoms with van der Waals surface area (Å²) in [5.41, 5.74) is 7.02. The van der Waals surface area contributed by atoms with Gasteiger partial charge in [-0.25, -0.2) is 4.79 Å². The third-order valence-corrected chi connectivity index (χ3v) is 2.41. The molecule has 1 rings (SSSR count). The quantitative estimate of drug-likeness (QED) is 0.870. The van der Waals surface area contributed by atoms with Gasteiger partial charge in [0.2, 0.25) is 0 Å². The van der Waals surface area contributed by atoms with Crippen molar-refractivity contribution >= 4 is 6.09 Å². The molecule has 1 amide bonds. The lowest BCUT2D eigenvalue weighted by Crippen LogP contribution is -2.44. The SMILES string of the molecule is Cc1cccc(CC(CN)NC(=O)OC(C)(C)C)n1. The van der Waals surface area contributed by atoms with Crippen LogP contribution in [0.15, 0.2) is 18.2 Å². The van der Waals surface area contributed by atoms with Crippen LogP contribution in [0.4, 0.5) is 4.79 Å². The summed E-state index contributed by atoms with van der Waals surface area (Å²) in [7, 11) is 0. The zero-order valence-electron chi connectivity index (χ0n) is 12.1. The second-order valence-electron chi connectivity index (χ2n) is 5.55. The summed E-state index contributed by atoms with van der Waals surface area (Å²) in [5.74, 6) is 0. The minimum absolute atomic E-state index is 0.177. The van der Waals surface area contributed by atoms with E-state index in [-0.39, 0.29) is 6.04 Å². The minimum Gasteiger partial charge on any atom is -0.444 e. The summed E-state index contributed by atoms with van der Waals surface area (Å²) >= 11 is 0. The van der Waals surface area contributed by atoms with Crippen molar-refractivity contribution in [1.29, 1.82) is 0 Å². The fraction of sp³-hybridized carbons (Fsp3) is 0.571. The van der Waals surface area contributed by atoms with Crippen molar-refractivity contribution in [2.45, 2.75) is 45.8 Å². The van der Waals surface area contributed by atoms with Gasteiger partial charge in [0.1, 0.15) is 5.60 Å². The lowest BCUT2D eigenvalue weighted by atomic mass is 10.1. The van der Waals surface area contributed by atoms with Gasteiger partial charge in [0.15, 0.2) is 0 Å². The van der Waals surface area contributed by atoms with Crippen molar-refractivity contribution in [2.75, 3.05) is 6.54 Å². The molecule has 1 unspecified atom stereocenters. The van der Waals surface area contributed by atoms with Crippen LogP contribution in [0.1, 0.15) is 32.2 Å². The molecule has 19 heavy (non-hydrogen) atoms. The first kappa shape index (κ1) is 15.4. The molecule has 106 valence electrons. The summed E-state index contributed by atoms with van der Waals surface area (Å²) in [6.07, 6.45) is 0.146. The largest absolute Gasteiger partial charge is 0.444 e. The molecule has 0 aliphatic rings. The summed E-state index contributed by atoms with van der Waals surface area (Å²) in [4.78, 5) is 16.1. The van der Waals surface area contributed by atoms with Crippen LogP contribution in [-0.4, -0.2) is 29.3 Å². The van der Waals surface area contributed by atoms with Crippen molar-refractivity contribution < 1.29 is 9.53 Å². The van der Waals surface area contributed by atoms with Gasteiger partial charge in [-0.15, -0.1) is 0 Å². The van der Waals surface area contributed by atoms with Crippen molar-refractivity contribution in [2.24, 2.45) is 5.73 Å². The van der Waals surface area contributed by atoms with Crippen molar-refractivity contribution in [1.82, 2.24) is 10.3 Å². The van der Waals surface area contributed by atoms with Crippen molar-refractivity contribution in [3.63, 3.8) is 0 Å². The number of amides is 1. The van der Waals surface area contributed by atoms with Crippen LogP contribution in [-0.2, 0) is 11.2 Å². The highest BCUT2D eigenvalue weighted by atomic mass is 16.6. The first-order valence-corrected chi connectivity index (χ1v) is 6.42. The molecule has 1 atom stereocenters. The summed E-state index contributed by atoms with van der Waals surface area (Å²) < 4.78 is 5.21. The molecule has 3 N–H and O–H groups in total. The summed E-state index contributed by atoms with van der Waals surface area (Å²) in [6, 6.07) is 5.62. The maximum atomic E-state index is 11.7. The van der Waals surface area contributed by atoms with Crippen molar-refractivity contribution in [3.05, 3.63) is 29.6 Å². The number of aromatic nitrogens is 1. The zero-order valence-corrected chi connectivity index (χ0v) is 12.1. The highest BCUT2D eigenvalue weighted by Crippen LogP contribution is 2.07. The van der Waals surface area contributed by atoms with Crippen LogP contribution in [0, 0.1) is 6.92 Å². The Morgan fingerprint density at radius 2 is 2.16 bits per heavy atom. The molecule has 0 aliphatic carbocycles. The highest BCUT2D eigenvalue weighted by molar-refractivity contribution is 5.68. The van der Waals surface area contributed by atoms with E-state index in [9.17, 15) is 4.79 Å². The first-order chi connectivity index (χ1) is 8.80. The topological polar surface area (TPSA) is 77.2 Å². The van der Waals surface area contributed by atoms with E-state index in [0.717, 1.165) is 11.4 Å². The van der Waals surface area contributed by atoms with E-state index in [1.165, 1.54) is 0 Å². The molecular weight excluding hydrogens is 242 g/mol. The van der Waals surface area contributed by atoms with Gasteiger partial charge in [-0.05, 0) is 39.8 Å². The molecule has 0 fully saturated rings. The highest BCUT2D eigenvalue weighted by Gasteiger charge is 2.19. The van der Waals surface area contributed by atoms with Crippen LogP contribution < -0.4 is 11.1 Å². The maximum Gasteiger partial charge on any atom is 0.407 e. The molecule has 0 saturated heterocycles. The average Bonchev–Trinajstić information content (AvgIpc) is 2.25. The standard InChI is InChI=1S/C14H23N3O2/c1-10-6-5-7-11(16-10)8-12(9-15)17-13(18)19-14(2,3)4/h5-7,12H,8-9,15H2,1-4H3,(H,17,18). The number of nitrogens with two attached hydrogens (primary N) is 1. The molecule has 0 saturated carbocycles. The van der Waals surface area contributed by atoms with Gasteiger partial charge in [0.05, 0.1) is 0 Å². The average molecular weight is 265 g/mol. The van der Waals surface area contributed by atoms with E-state index in [1.807, 2.05) is 45.9 Å². The van der Waals surface area contributed by atoms with E-state index in [2.05, 4.69) is 10.3 Å². The first-order valence-electron chi connectivity index (χ1n) is 6.42. The Bertz CT molecular complexity index is 427. The monoisotopic (exact) mass is 265 g/mol. The van der Waals surface area contributed by atoms with Crippen LogP contribution in [0.5, 0.6) is 0 Å². The maximum absolute atomic E-state index is 11.7. The Morgan fingerprint density at radius 1 is 1.47 bits per heavy atom. The third-order valence-electron chi connectivity index (χ3n) is 2.41. The number of pyridine rings is 1. The second kappa shape index (κ2) is 6.52. The predicted octanol–water partition coefficient (Wildman–Crippen LogP) is 1.78. The van der Waals surface area contributed by atoms with Gasteiger partial charge in [0.25, 0.3) is 0 Å². The minimum atomic E-state index is -0.509. The number of nitrogens with zero attached hydrogens (tertiary/aromatic N) is 1. The van der Waals surface area contributed by atoms with E-state index in [1.54, 1.807) is 0 Å². The molecule has 0 aliphatic heterocycles. The Hall–Kier alpha value is -1.62. The second-order valence-corrected chi connectivity index (χ2v) is 5.55. The molecule has 5 nitrogen and oxygen atoms in total. The molecule has 1 aromatic rings. The molecular formula is C14H23N3O2. The molecule has 0 spiro atoms. The van der Waals surface area contributed by atoms with E-state index in [4.69, 9.17) is 10.5 Å². The number of carbonyl (C=O) groups is 1.